The third-order valence-electron chi connectivity index (χ3n) is 1.15. The molecule has 0 aromatic rings. The molecule has 0 aromatic carbocycles. The summed E-state index contributed by atoms with van der Waals surface area (Å²) in [6.45, 7) is 0.940. The van der Waals surface area contributed by atoms with Crippen molar-refractivity contribution in [3.8, 4) is 0 Å². The number of carbonyl (C=O) groups excluding carboxylic acids is 3. The van der Waals surface area contributed by atoms with Crippen LogP contribution in [0.3, 0.4) is 0 Å². The van der Waals surface area contributed by atoms with Gasteiger partial charge in [0.15, 0.2) is 0 Å². The van der Waals surface area contributed by atoms with Crippen LogP contribution in [0.2, 0.25) is 0 Å². The predicted octanol–water partition coefficient (Wildman–Crippen LogP) is -0.229. The van der Waals surface area contributed by atoms with Gasteiger partial charge >= 0.3 is 12.1 Å². The van der Waals surface area contributed by atoms with E-state index in [4.69, 9.17) is 5.11 Å². The standard InChI is InChI=1S/C6H8N2O2.C2H4N2O3/c9-5-7-3-1-2-4-8-6-10;3-1(5)4-2(6)7/h1-4H2;(H,6,7)(H3,3,4,5). The monoisotopic (exact) mass is 244 g/mol. The number of amides is 3. The summed E-state index contributed by atoms with van der Waals surface area (Å²) >= 11 is 0. The minimum atomic E-state index is -1.44. The molecule has 0 saturated carbocycles. The molecule has 0 aliphatic heterocycles. The van der Waals surface area contributed by atoms with Crippen LogP contribution in [0, 0.1) is 0 Å². The van der Waals surface area contributed by atoms with Crippen molar-refractivity contribution >= 4 is 24.3 Å². The zero-order chi connectivity index (χ0) is 13.5. The molecule has 0 heterocycles. The smallest absolute Gasteiger partial charge is 0.412 e. The molecule has 0 aromatic heterocycles. The normalized spacial score (nSPS) is 7.53. The highest BCUT2D eigenvalue weighted by atomic mass is 16.4. The molecule has 9 heteroatoms. The Morgan fingerprint density at radius 3 is 1.71 bits per heavy atom. The molecule has 0 bridgehead atoms. The Balaban J connectivity index is 0. The molecule has 0 fully saturated rings. The summed E-state index contributed by atoms with van der Waals surface area (Å²) in [6.07, 6.45) is 2.94. The number of hydrogen-bond donors (Lipinski definition) is 3. The van der Waals surface area contributed by atoms with Gasteiger partial charge in [0.2, 0.25) is 12.2 Å². The third kappa shape index (κ3) is 24.7. The molecule has 0 aliphatic rings. The van der Waals surface area contributed by atoms with Gasteiger partial charge < -0.3 is 10.8 Å². The van der Waals surface area contributed by atoms with E-state index < -0.39 is 12.1 Å². The Labute approximate surface area is 96.4 Å². The molecule has 0 aliphatic carbocycles. The number of carboxylic acid groups (broad SMARTS) is 1. The first-order valence-corrected chi connectivity index (χ1v) is 4.41. The molecule has 0 unspecified atom stereocenters. The van der Waals surface area contributed by atoms with Crippen molar-refractivity contribution in [3.05, 3.63) is 0 Å². The van der Waals surface area contributed by atoms with Crippen LogP contribution in [-0.4, -0.2) is 42.5 Å². The summed E-state index contributed by atoms with van der Waals surface area (Å²) in [5.41, 5.74) is 4.36. The number of unbranched alkanes of at least 4 members (excludes halogenated alkanes) is 1. The molecule has 0 spiro atoms. The Morgan fingerprint density at radius 1 is 1.12 bits per heavy atom. The van der Waals surface area contributed by atoms with Crippen molar-refractivity contribution in [1.29, 1.82) is 0 Å². The molecule has 0 saturated heterocycles. The average Bonchev–Trinajstić information content (AvgIpc) is 2.22. The molecule has 0 atom stereocenters. The number of primary amides is 1. The number of aliphatic imine (C=N–C) groups is 2. The van der Waals surface area contributed by atoms with Crippen molar-refractivity contribution in [2.45, 2.75) is 12.8 Å². The van der Waals surface area contributed by atoms with Gasteiger partial charge in [0, 0.05) is 0 Å². The topological polar surface area (TPSA) is 151 Å². The van der Waals surface area contributed by atoms with Gasteiger partial charge in [-0.05, 0) is 12.8 Å². The molecule has 9 nitrogen and oxygen atoms in total. The summed E-state index contributed by atoms with van der Waals surface area (Å²) in [4.78, 5) is 44.6. The quantitative estimate of drug-likeness (QED) is 0.346. The number of nitrogens with one attached hydrogen (secondary N) is 1. The van der Waals surface area contributed by atoms with Crippen LogP contribution in [0.1, 0.15) is 12.8 Å². The van der Waals surface area contributed by atoms with Crippen molar-refractivity contribution in [2.24, 2.45) is 15.7 Å². The van der Waals surface area contributed by atoms with E-state index in [2.05, 4.69) is 15.7 Å². The molecule has 3 amide bonds. The van der Waals surface area contributed by atoms with Crippen molar-refractivity contribution < 1.29 is 24.3 Å². The van der Waals surface area contributed by atoms with E-state index in [1.54, 1.807) is 0 Å². The van der Waals surface area contributed by atoms with Gasteiger partial charge in [-0.25, -0.2) is 34.5 Å². The lowest BCUT2D eigenvalue weighted by molar-refractivity contribution is 0.193. The lowest BCUT2D eigenvalue weighted by Crippen LogP contribution is -2.33. The molecular weight excluding hydrogens is 232 g/mol. The fraction of sp³-hybridized carbons (Fsp3) is 0.500. The first-order chi connectivity index (χ1) is 8.04. The fourth-order valence-electron chi connectivity index (χ4n) is 0.578. The summed E-state index contributed by atoms with van der Waals surface area (Å²) in [5.74, 6) is 0. The first-order valence-electron chi connectivity index (χ1n) is 4.41. The van der Waals surface area contributed by atoms with Crippen LogP contribution < -0.4 is 11.1 Å². The van der Waals surface area contributed by atoms with Gasteiger partial charge in [0.1, 0.15) is 0 Å². The van der Waals surface area contributed by atoms with Gasteiger partial charge in [-0.2, -0.15) is 0 Å². The number of rotatable bonds is 5. The van der Waals surface area contributed by atoms with Crippen LogP contribution in [0.25, 0.3) is 0 Å². The molecule has 0 rings (SSSR count). The average molecular weight is 244 g/mol. The highest BCUT2D eigenvalue weighted by Gasteiger charge is 1.94. The van der Waals surface area contributed by atoms with Crippen LogP contribution >= 0.6 is 0 Å². The number of imide groups is 1. The SMILES string of the molecule is NC(=O)NC(=O)O.O=C=NCCCCN=C=O. The predicted molar refractivity (Wildman–Crippen MR) is 56.0 cm³/mol. The van der Waals surface area contributed by atoms with E-state index in [-0.39, 0.29) is 0 Å². The summed E-state index contributed by atoms with van der Waals surface area (Å²) in [5, 5.41) is 9.03. The van der Waals surface area contributed by atoms with E-state index in [0.717, 1.165) is 12.8 Å². The van der Waals surface area contributed by atoms with E-state index in [0.29, 0.717) is 13.1 Å². The zero-order valence-corrected chi connectivity index (χ0v) is 8.88. The molecule has 4 N–H and O–H groups in total. The van der Waals surface area contributed by atoms with Crippen LogP contribution in [-0.2, 0) is 9.59 Å². The van der Waals surface area contributed by atoms with Crippen molar-refractivity contribution in [3.63, 3.8) is 0 Å². The minimum Gasteiger partial charge on any atom is -0.465 e. The van der Waals surface area contributed by atoms with Gasteiger partial charge in [0.25, 0.3) is 0 Å². The van der Waals surface area contributed by atoms with Crippen LogP contribution in [0.15, 0.2) is 9.98 Å². The zero-order valence-electron chi connectivity index (χ0n) is 8.88. The minimum absolute atomic E-state index is 0.470. The van der Waals surface area contributed by atoms with E-state index in [1.165, 1.54) is 17.5 Å². The first kappa shape index (κ1) is 16.9. The molecular formula is C8H12N4O5. The van der Waals surface area contributed by atoms with Crippen molar-refractivity contribution in [2.75, 3.05) is 13.1 Å². The lowest BCUT2D eigenvalue weighted by atomic mass is 10.3. The van der Waals surface area contributed by atoms with Crippen LogP contribution in [0.4, 0.5) is 9.59 Å². The third-order valence-corrected chi connectivity index (χ3v) is 1.15. The number of nitrogens with zero attached hydrogens (tertiary/aromatic N) is 2. The Bertz CT molecular complexity index is 299. The highest BCUT2D eigenvalue weighted by molar-refractivity contribution is 5.88. The van der Waals surface area contributed by atoms with Gasteiger partial charge in [0.05, 0.1) is 13.1 Å². The van der Waals surface area contributed by atoms with Crippen molar-refractivity contribution in [1.82, 2.24) is 5.32 Å². The highest BCUT2D eigenvalue weighted by Crippen LogP contribution is 1.88. The molecule has 94 valence electrons. The number of nitrogens with two attached hydrogens (primary N) is 1. The molecule has 0 radical (unpaired) electrons. The van der Waals surface area contributed by atoms with E-state index >= 15 is 0 Å². The lowest BCUT2D eigenvalue weighted by Gasteiger charge is -1.87. The van der Waals surface area contributed by atoms with E-state index in [1.807, 2.05) is 0 Å². The second-order valence-corrected chi connectivity index (χ2v) is 2.45. The second kappa shape index (κ2) is 13.5. The number of urea groups is 1. The van der Waals surface area contributed by atoms with Gasteiger partial charge in [-0.15, -0.1) is 0 Å². The Kier molecular flexibility index (Phi) is 13.4. The summed E-state index contributed by atoms with van der Waals surface area (Å²) in [7, 11) is 0. The summed E-state index contributed by atoms with van der Waals surface area (Å²) < 4.78 is 0. The number of isocyanates is 2. The van der Waals surface area contributed by atoms with Gasteiger partial charge in [-0.1, -0.05) is 0 Å². The second-order valence-electron chi connectivity index (χ2n) is 2.45. The van der Waals surface area contributed by atoms with Gasteiger partial charge in [-0.3, -0.25) is 0 Å². The molecule has 17 heavy (non-hydrogen) atoms. The number of hydrogen-bond acceptors (Lipinski definition) is 6. The Morgan fingerprint density at radius 2 is 1.53 bits per heavy atom. The maximum Gasteiger partial charge on any atom is 0.412 e. The Hall–Kier alpha value is -2.50. The maximum atomic E-state index is 9.54. The number of carbonyl (C=O) groups is 2. The van der Waals surface area contributed by atoms with Crippen LogP contribution in [0.5, 0.6) is 0 Å². The fourth-order valence-corrected chi connectivity index (χ4v) is 0.578. The maximum absolute atomic E-state index is 9.54. The van der Waals surface area contributed by atoms with E-state index in [9.17, 15) is 19.2 Å². The summed E-state index contributed by atoms with van der Waals surface area (Å²) in [6, 6.07) is -1.06. The largest absolute Gasteiger partial charge is 0.465 e.